The van der Waals surface area contributed by atoms with E-state index in [-0.39, 0.29) is 24.1 Å². The van der Waals surface area contributed by atoms with Gasteiger partial charge in [0.05, 0.1) is 29.0 Å². The Bertz CT molecular complexity index is 1120. The summed E-state index contributed by atoms with van der Waals surface area (Å²) in [6, 6.07) is 11.3. The number of fused-ring (bicyclic) bond motifs is 1. The van der Waals surface area contributed by atoms with Gasteiger partial charge in [-0.05, 0) is 30.5 Å². The van der Waals surface area contributed by atoms with E-state index in [1.165, 1.54) is 41.3 Å². The Kier molecular flexibility index (Phi) is 9.05. The highest BCUT2D eigenvalue weighted by atomic mass is 35.5. The molecule has 6 nitrogen and oxygen atoms in total. The van der Waals surface area contributed by atoms with Crippen LogP contribution in [0.25, 0.3) is 10.2 Å². The van der Waals surface area contributed by atoms with Crippen LogP contribution in [0.5, 0.6) is 5.75 Å². The summed E-state index contributed by atoms with van der Waals surface area (Å²) in [4.78, 5) is 22.8. The number of morpholine rings is 1. The molecule has 0 spiro atoms. The number of halogens is 4. The highest BCUT2D eigenvalue weighted by Crippen LogP contribution is 2.34. The van der Waals surface area contributed by atoms with E-state index in [2.05, 4.69) is 14.6 Å². The van der Waals surface area contributed by atoms with Gasteiger partial charge in [0.25, 0.3) is 5.91 Å². The SMILES string of the molecule is CSc1ccccc1C(=O)N(CCN1CCOCC1)c1nc2ccc(OC(F)(F)F)cc2s1.Cl. The number of benzene rings is 2. The van der Waals surface area contributed by atoms with Crippen LogP contribution in [0, 0.1) is 0 Å². The lowest BCUT2D eigenvalue weighted by Crippen LogP contribution is -2.43. The van der Waals surface area contributed by atoms with E-state index >= 15 is 0 Å². The van der Waals surface area contributed by atoms with Gasteiger partial charge in [-0.2, -0.15) is 0 Å². The lowest BCUT2D eigenvalue weighted by atomic mass is 10.2. The second kappa shape index (κ2) is 11.6. The minimum absolute atomic E-state index is 0. The van der Waals surface area contributed by atoms with Crippen molar-refractivity contribution in [2.75, 3.05) is 50.5 Å². The predicted octanol–water partition coefficient (Wildman–Crippen LogP) is 5.32. The van der Waals surface area contributed by atoms with Gasteiger partial charge in [-0.15, -0.1) is 37.3 Å². The van der Waals surface area contributed by atoms with Crippen molar-refractivity contribution in [3.63, 3.8) is 0 Å². The normalized spacial score (nSPS) is 14.6. The van der Waals surface area contributed by atoms with E-state index < -0.39 is 6.36 Å². The van der Waals surface area contributed by atoms with E-state index in [9.17, 15) is 18.0 Å². The van der Waals surface area contributed by atoms with E-state index in [4.69, 9.17) is 4.74 Å². The number of anilines is 1. The average molecular weight is 534 g/mol. The molecule has 1 aromatic heterocycles. The van der Waals surface area contributed by atoms with Crippen LogP contribution >= 0.6 is 35.5 Å². The summed E-state index contributed by atoms with van der Waals surface area (Å²) < 4.78 is 47.8. The molecule has 184 valence electrons. The number of amides is 1. The van der Waals surface area contributed by atoms with Crippen molar-refractivity contribution in [1.29, 1.82) is 0 Å². The number of thioether (sulfide) groups is 1. The predicted molar refractivity (Wildman–Crippen MR) is 131 cm³/mol. The number of hydrogen-bond acceptors (Lipinski definition) is 7. The van der Waals surface area contributed by atoms with Crippen molar-refractivity contribution >= 4 is 56.8 Å². The van der Waals surface area contributed by atoms with E-state index in [1.807, 2.05) is 24.5 Å². The molecule has 12 heteroatoms. The topological polar surface area (TPSA) is 54.9 Å². The molecular weight excluding hydrogens is 511 g/mol. The Labute approximate surface area is 209 Å². The Morgan fingerprint density at radius 3 is 2.68 bits per heavy atom. The molecule has 3 aromatic rings. The molecule has 0 radical (unpaired) electrons. The largest absolute Gasteiger partial charge is 0.573 e. The van der Waals surface area contributed by atoms with Crippen LogP contribution in [-0.2, 0) is 4.74 Å². The molecule has 0 saturated carbocycles. The molecule has 1 saturated heterocycles. The molecular formula is C22H23ClF3N3O3S2. The first-order valence-corrected chi connectivity index (χ1v) is 12.3. The molecule has 1 amide bonds. The zero-order chi connectivity index (χ0) is 23.4. The van der Waals surface area contributed by atoms with E-state index in [0.29, 0.717) is 47.2 Å². The summed E-state index contributed by atoms with van der Waals surface area (Å²) in [5.74, 6) is -0.511. The maximum atomic E-state index is 13.6. The molecule has 2 aromatic carbocycles. The minimum Gasteiger partial charge on any atom is -0.406 e. The Balaban J connectivity index is 0.00000324. The van der Waals surface area contributed by atoms with Crippen molar-refractivity contribution in [2.24, 2.45) is 0 Å². The van der Waals surface area contributed by atoms with Gasteiger partial charge in [-0.3, -0.25) is 14.6 Å². The highest BCUT2D eigenvalue weighted by Gasteiger charge is 2.31. The fourth-order valence-corrected chi connectivity index (χ4v) is 5.13. The van der Waals surface area contributed by atoms with Crippen LogP contribution in [-0.4, -0.2) is 67.8 Å². The number of thiazole rings is 1. The van der Waals surface area contributed by atoms with Gasteiger partial charge >= 0.3 is 6.36 Å². The standard InChI is InChI=1S/C22H22F3N3O3S2.ClH/c1-32-18-5-3-2-4-16(18)20(29)28(9-8-27-10-12-30-13-11-27)21-26-17-7-6-15(14-19(17)33-21)31-22(23,24)25;/h2-7,14H,8-13H2,1H3;1H. The number of carbonyl (C=O) groups is 1. The second-order valence-corrected chi connectivity index (χ2v) is 9.14. The monoisotopic (exact) mass is 533 g/mol. The number of rotatable bonds is 7. The summed E-state index contributed by atoms with van der Waals surface area (Å²) >= 11 is 2.65. The van der Waals surface area contributed by atoms with Crippen molar-refractivity contribution < 1.29 is 27.4 Å². The van der Waals surface area contributed by atoms with Crippen LogP contribution in [0.4, 0.5) is 18.3 Å². The summed E-state index contributed by atoms with van der Waals surface area (Å²) in [6.45, 7) is 3.88. The molecule has 1 fully saturated rings. The third-order valence-electron chi connectivity index (χ3n) is 5.14. The van der Waals surface area contributed by atoms with Gasteiger partial charge in [-0.25, -0.2) is 4.98 Å². The smallest absolute Gasteiger partial charge is 0.406 e. The average Bonchev–Trinajstić information content (AvgIpc) is 3.21. The van der Waals surface area contributed by atoms with Gasteiger partial charge in [-0.1, -0.05) is 23.5 Å². The molecule has 1 aliphatic rings. The summed E-state index contributed by atoms with van der Waals surface area (Å²) in [5, 5.41) is 0.434. The van der Waals surface area contributed by atoms with E-state index in [1.54, 1.807) is 11.0 Å². The molecule has 0 N–H and O–H groups in total. The van der Waals surface area contributed by atoms with E-state index in [0.717, 1.165) is 18.0 Å². The molecule has 0 aliphatic carbocycles. The quantitative estimate of drug-likeness (QED) is 0.383. The lowest BCUT2D eigenvalue weighted by Gasteiger charge is -2.29. The first kappa shape index (κ1) is 26.6. The minimum atomic E-state index is -4.77. The fraction of sp³-hybridized carbons (Fsp3) is 0.364. The molecule has 0 atom stereocenters. The second-order valence-electron chi connectivity index (χ2n) is 7.28. The Hall–Kier alpha value is -2.05. The summed E-state index contributed by atoms with van der Waals surface area (Å²) in [7, 11) is 0. The molecule has 2 heterocycles. The van der Waals surface area contributed by atoms with Gasteiger partial charge in [0.1, 0.15) is 5.75 Å². The van der Waals surface area contributed by atoms with Crippen LogP contribution < -0.4 is 9.64 Å². The third-order valence-corrected chi connectivity index (χ3v) is 6.98. The van der Waals surface area contributed by atoms with Crippen molar-refractivity contribution in [1.82, 2.24) is 9.88 Å². The highest BCUT2D eigenvalue weighted by molar-refractivity contribution is 7.98. The van der Waals surface area contributed by atoms with Crippen molar-refractivity contribution in [3.05, 3.63) is 48.0 Å². The zero-order valence-corrected chi connectivity index (χ0v) is 20.7. The van der Waals surface area contributed by atoms with Crippen LogP contribution in [0.1, 0.15) is 10.4 Å². The molecule has 4 rings (SSSR count). The van der Waals surface area contributed by atoms with Crippen LogP contribution in [0.2, 0.25) is 0 Å². The van der Waals surface area contributed by atoms with Gasteiger partial charge < -0.3 is 9.47 Å². The third kappa shape index (κ3) is 6.54. The Morgan fingerprint density at radius 2 is 1.97 bits per heavy atom. The number of carbonyl (C=O) groups excluding carboxylic acids is 1. The molecule has 34 heavy (non-hydrogen) atoms. The van der Waals surface area contributed by atoms with Gasteiger partial charge in [0.2, 0.25) is 0 Å². The van der Waals surface area contributed by atoms with Gasteiger partial charge in [0.15, 0.2) is 5.13 Å². The number of aromatic nitrogens is 1. The first-order chi connectivity index (χ1) is 15.8. The molecule has 0 unspecified atom stereocenters. The fourth-order valence-electron chi connectivity index (χ4n) is 3.52. The number of hydrogen-bond donors (Lipinski definition) is 0. The first-order valence-electron chi connectivity index (χ1n) is 10.3. The Morgan fingerprint density at radius 1 is 1.24 bits per heavy atom. The summed E-state index contributed by atoms with van der Waals surface area (Å²) in [6.07, 6.45) is -2.87. The van der Waals surface area contributed by atoms with Gasteiger partial charge in [0, 0.05) is 37.1 Å². The number of alkyl halides is 3. The summed E-state index contributed by atoms with van der Waals surface area (Å²) in [5.41, 5.74) is 1.07. The van der Waals surface area contributed by atoms with Crippen molar-refractivity contribution in [2.45, 2.75) is 11.3 Å². The maximum absolute atomic E-state index is 13.6. The molecule has 0 bridgehead atoms. The molecule has 1 aliphatic heterocycles. The zero-order valence-electron chi connectivity index (χ0n) is 18.2. The maximum Gasteiger partial charge on any atom is 0.573 e. The van der Waals surface area contributed by atoms with Crippen LogP contribution in [0.15, 0.2) is 47.4 Å². The lowest BCUT2D eigenvalue weighted by molar-refractivity contribution is -0.274. The van der Waals surface area contributed by atoms with Crippen molar-refractivity contribution in [3.8, 4) is 5.75 Å². The number of nitrogens with zero attached hydrogens (tertiary/aromatic N) is 3. The van der Waals surface area contributed by atoms with Crippen LogP contribution in [0.3, 0.4) is 0 Å². The number of ether oxygens (including phenoxy) is 2.